The van der Waals surface area contributed by atoms with Gasteiger partial charge in [-0.2, -0.15) is 4.31 Å². The second-order valence-corrected chi connectivity index (χ2v) is 11.0. The molecule has 1 aliphatic rings. The number of benzene rings is 3. The zero-order valence-electron chi connectivity index (χ0n) is 21.3. The van der Waals surface area contributed by atoms with Crippen molar-refractivity contribution in [1.82, 2.24) is 14.5 Å². The van der Waals surface area contributed by atoms with E-state index in [0.717, 1.165) is 51.2 Å². The highest BCUT2D eigenvalue weighted by atomic mass is 32.2. The summed E-state index contributed by atoms with van der Waals surface area (Å²) in [5, 5.41) is 14.6. The number of hydrogen-bond acceptors (Lipinski definition) is 5. The molecule has 10 nitrogen and oxygen atoms in total. The van der Waals surface area contributed by atoms with Gasteiger partial charge in [-0.25, -0.2) is 22.0 Å². The summed E-state index contributed by atoms with van der Waals surface area (Å²) in [6.07, 6.45) is -2.30. The number of sulfonamides is 1. The summed E-state index contributed by atoms with van der Waals surface area (Å²) in [5.74, 6) is -3.48. The number of nitrogens with one attached hydrogen (secondary N) is 2. The zero-order chi connectivity index (χ0) is 29.0. The third-order valence-electron chi connectivity index (χ3n) is 6.32. The predicted octanol–water partition coefficient (Wildman–Crippen LogP) is 3.47. The molecule has 4 rings (SSSR count). The summed E-state index contributed by atoms with van der Waals surface area (Å²) in [7, 11) is -4.41. The minimum atomic E-state index is -4.41. The van der Waals surface area contributed by atoms with E-state index in [4.69, 9.17) is 0 Å². The average molecular weight is 573 g/mol. The van der Waals surface area contributed by atoms with E-state index in [1.165, 1.54) is 12.1 Å². The summed E-state index contributed by atoms with van der Waals surface area (Å²) in [6, 6.07) is 13.7. The first-order valence-electron chi connectivity index (χ1n) is 12.1. The number of carboxylic acid groups (broad SMARTS) is 1. The van der Waals surface area contributed by atoms with Crippen LogP contribution in [0.25, 0.3) is 0 Å². The number of aryl methyl sites for hydroxylation is 1. The third kappa shape index (κ3) is 6.43. The Bertz CT molecular complexity index is 1500. The van der Waals surface area contributed by atoms with Gasteiger partial charge in [0.2, 0.25) is 10.0 Å². The highest BCUT2D eigenvalue weighted by Crippen LogP contribution is 2.27. The van der Waals surface area contributed by atoms with Crippen LogP contribution in [0.3, 0.4) is 0 Å². The van der Waals surface area contributed by atoms with Crippen LogP contribution in [0.15, 0.2) is 77.7 Å². The molecule has 3 amide bonds. The predicted molar refractivity (Wildman–Crippen MR) is 141 cm³/mol. The SMILES string of the molecule is Cc1ccc(NC(=O)N2CCN(S(=O)(=O)c3ccc(F)cc3)C2C(=O)NC(CC(=O)O)c2ccc(F)cc2)cc1. The second-order valence-electron chi connectivity index (χ2n) is 9.14. The van der Waals surface area contributed by atoms with Gasteiger partial charge in [-0.05, 0) is 61.0 Å². The quantitative estimate of drug-likeness (QED) is 0.378. The number of urea groups is 1. The number of halogens is 2. The van der Waals surface area contributed by atoms with Crippen LogP contribution in [-0.2, 0) is 19.6 Å². The number of amides is 3. The van der Waals surface area contributed by atoms with Crippen LogP contribution in [0.5, 0.6) is 0 Å². The van der Waals surface area contributed by atoms with Crippen molar-refractivity contribution in [3.05, 3.63) is 95.6 Å². The van der Waals surface area contributed by atoms with E-state index in [9.17, 15) is 36.7 Å². The fraction of sp³-hybridized carbons (Fsp3) is 0.222. The molecule has 3 aromatic rings. The Kier molecular flexibility index (Phi) is 8.45. The van der Waals surface area contributed by atoms with Gasteiger partial charge < -0.3 is 15.7 Å². The Labute approximate surface area is 229 Å². The number of carbonyl (C=O) groups is 3. The van der Waals surface area contributed by atoms with Gasteiger partial charge in [-0.15, -0.1) is 0 Å². The Morgan fingerprint density at radius 3 is 2.08 bits per heavy atom. The molecule has 3 aromatic carbocycles. The van der Waals surface area contributed by atoms with Crippen molar-refractivity contribution in [1.29, 1.82) is 0 Å². The summed E-state index contributed by atoms with van der Waals surface area (Å²) in [6.45, 7) is 1.43. The first-order valence-corrected chi connectivity index (χ1v) is 13.6. The van der Waals surface area contributed by atoms with Gasteiger partial charge in [-0.1, -0.05) is 29.8 Å². The molecule has 40 heavy (non-hydrogen) atoms. The number of rotatable bonds is 8. The van der Waals surface area contributed by atoms with Gasteiger partial charge in [0.15, 0.2) is 6.17 Å². The monoisotopic (exact) mass is 572 g/mol. The molecule has 2 unspecified atom stereocenters. The Morgan fingerprint density at radius 2 is 1.50 bits per heavy atom. The van der Waals surface area contributed by atoms with E-state index in [1.807, 2.05) is 6.92 Å². The second kappa shape index (κ2) is 11.8. The standard InChI is InChI=1S/C27H26F2N4O6S/c1-17-2-10-21(11-3-17)30-27(37)32-14-15-33(40(38,39)22-12-8-20(29)9-13-22)26(32)25(36)31-23(16-24(34)35)18-4-6-19(28)7-5-18/h2-13,23,26H,14-16H2,1H3,(H,30,37)(H,31,36)(H,34,35). The lowest BCUT2D eigenvalue weighted by atomic mass is 10.0. The van der Waals surface area contributed by atoms with Gasteiger partial charge in [-0.3, -0.25) is 14.5 Å². The lowest BCUT2D eigenvalue weighted by Crippen LogP contribution is -2.55. The van der Waals surface area contributed by atoms with Gasteiger partial charge >= 0.3 is 12.0 Å². The number of hydrogen-bond donors (Lipinski definition) is 3. The summed E-state index contributed by atoms with van der Waals surface area (Å²) in [4.78, 5) is 39.2. The van der Waals surface area contributed by atoms with Crippen molar-refractivity contribution in [2.75, 3.05) is 18.4 Å². The van der Waals surface area contributed by atoms with Gasteiger partial charge in [0.25, 0.3) is 5.91 Å². The molecule has 3 N–H and O–H groups in total. The maximum Gasteiger partial charge on any atom is 0.323 e. The Morgan fingerprint density at radius 1 is 0.925 bits per heavy atom. The molecule has 210 valence electrons. The van der Waals surface area contributed by atoms with Gasteiger partial charge in [0.1, 0.15) is 11.6 Å². The van der Waals surface area contributed by atoms with E-state index < -0.39 is 58.2 Å². The smallest absolute Gasteiger partial charge is 0.323 e. The molecule has 0 radical (unpaired) electrons. The molecule has 1 aliphatic heterocycles. The number of nitrogens with zero attached hydrogens (tertiary/aromatic N) is 2. The molecule has 0 aromatic heterocycles. The average Bonchev–Trinajstić information content (AvgIpc) is 3.37. The Hall–Kier alpha value is -4.36. The van der Waals surface area contributed by atoms with Crippen LogP contribution in [-0.4, -0.2) is 59.9 Å². The van der Waals surface area contributed by atoms with Gasteiger partial charge in [0, 0.05) is 18.8 Å². The maximum absolute atomic E-state index is 13.7. The first-order chi connectivity index (χ1) is 19.0. The van der Waals surface area contributed by atoms with Crippen molar-refractivity contribution < 1.29 is 36.7 Å². The molecular formula is C27H26F2N4O6S. The first kappa shape index (κ1) is 28.6. The molecule has 2 atom stereocenters. The van der Waals surface area contributed by atoms with Crippen molar-refractivity contribution in [3.63, 3.8) is 0 Å². The number of carbonyl (C=O) groups excluding carboxylic acids is 2. The van der Waals surface area contributed by atoms with Crippen LogP contribution in [0.1, 0.15) is 23.6 Å². The molecule has 13 heteroatoms. The third-order valence-corrected chi connectivity index (χ3v) is 8.18. The molecule has 0 spiro atoms. The normalized spacial score (nSPS) is 16.4. The van der Waals surface area contributed by atoms with Crippen molar-refractivity contribution in [2.24, 2.45) is 0 Å². The fourth-order valence-electron chi connectivity index (χ4n) is 4.29. The lowest BCUT2D eigenvalue weighted by Gasteiger charge is -2.30. The number of anilines is 1. The van der Waals surface area contributed by atoms with Crippen LogP contribution < -0.4 is 10.6 Å². The fourth-order valence-corrected chi connectivity index (χ4v) is 5.83. The summed E-state index contributed by atoms with van der Waals surface area (Å²) < 4.78 is 54.8. The van der Waals surface area contributed by atoms with Crippen LogP contribution >= 0.6 is 0 Å². The molecule has 1 saturated heterocycles. The largest absolute Gasteiger partial charge is 0.481 e. The van der Waals surface area contributed by atoms with Crippen molar-refractivity contribution in [3.8, 4) is 0 Å². The van der Waals surface area contributed by atoms with E-state index >= 15 is 0 Å². The Balaban J connectivity index is 1.68. The molecular weight excluding hydrogens is 546 g/mol. The van der Waals surface area contributed by atoms with E-state index in [1.54, 1.807) is 24.3 Å². The van der Waals surface area contributed by atoms with E-state index in [2.05, 4.69) is 10.6 Å². The van der Waals surface area contributed by atoms with E-state index in [0.29, 0.717) is 5.69 Å². The summed E-state index contributed by atoms with van der Waals surface area (Å²) >= 11 is 0. The highest BCUT2D eigenvalue weighted by Gasteiger charge is 2.47. The molecule has 0 aliphatic carbocycles. The number of carboxylic acids is 1. The minimum absolute atomic E-state index is 0.170. The van der Waals surface area contributed by atoms with Crippen LogP contribution in [0, 0.1) is 18.6 Å². The molecule has 0 bridgehead atoms. The lowest BCUT2D eigenvalue weighted by molar-refractivity contribution is -0.138. The van der Waals surface area contributed by atoms with Crippen LogP contribution in [0.4, 0.5) is 19.3 Å². The zero-order valence-corrected chi connectivity index (χ0v) is 22.1. The van der Waals surface area contributed by atoms with E-state index in [-0.39, 0.29) is 23.5 Å². The maximum atomic E-state index is 13.7. The van der Waals surface area contributed by atoms with Crippen molar-refractivity contribution >= 4 is 33.6 Å². The number of aliphatic carboxylic acids is 1. The minimum Gasteiger partial charge on any atom is -0.481 e. The van der Waals surface area contributed by atoms with Gasteiger partial charge in [0.05, 0.1) is 17.4 Å². The van der Waals surface area contributed by atoms with Crippen LogP contribution in [0.2, 0.25) is 0 Å². The highest BCUT2D eigenvalue weighted by molar-refractivity contribution is 7.89. The topological polar surface area (TPSA) is 136 Å². The molecule has 1 fully saturated rings. The molecule has 0 saturated carbocycles. The summed E-state index contributed by atoms with van der Waals surface area (Å²) in [5.41, 5.74) is 1.61. The van der Waals surface area contributed by atoms with Crippen molar-refractivity contribution in [2.45, 2.75) is 30.4 Å². The molecule has 1 heterocycles.